The molecule has 76 valence electrons. The molecule has 0 aromatic rings. The molecule has 0 aliphatic carbocycles. The molecule has 4 nitrogen and oxygen atoms in total. The third kappa shape index (κ3) is 7.13. The summed E-state index contributed by atoms with van der Waals surface area (Å²) in [5, 5.41) is 2.49. The van der Waals surface area contributed by atoms with E-state index in [1.54, 1.807) is 7.05 Å². The zero-order chi connectivity index (χ0) is 9.61. The predicted molar refractivity (Wildman–Crippen MR) is 62.8 cm³/mol. The smallest absolute Gasteiger partial charge is 1.00 e. The monoisotopic (exact) mass is 255 g/mol. The van der Waals surface area contributed by atoms with Crippen LogP contribution in [0.3, 0.4) is 0 Å². The van der Waals surface area contributed by atoms with Crippen LogP contribution >= 0.6 is 17.1 Å². The number of rotatable bonds is 5. The third-order valence-electron chi connectivity index (χ3n) is 1.08. The van der Waals surface area contributed by atoms with Gasteiger partial charge in [-0.3, -0.25) is 4.79 Å². The van der Waals surface area contributed by atoms with Crippen molar-refractivity contribution in [2.45, 2.75) is 0 Å². The van der Waals surface area contributed by atoms with E-state index in [1.807, 2.05) is 0 Å². The SMILES string of the molecule is CNC(=O)CSP(=S)(OC)OC.[H-].[H-].[Mg+2]. The second-order valence-electron chi connectivity index (χ2n) is 1.76. The van der Waals surface area contributed by atoms with E-state index in [0.29, 0.717) is 0 Å². The summed E-state index contributed by atoms with van der Waals surface area (Å²) >= 11 is 6.25. The van der Waals surface area contributed by atoms with Crippen LogP contribution in [0.15, 0.2) is 0 Å². The first kappa shape index (κ1) is 16.6. The average molecular weight is 256 g/mol. The van der Waals surface area contributed by atoms with Crippen LogP contribution in [0, 0.1) is 0 Å². The Balaban J connectivity index is -0.000000202. The first-order valence-corrected chi connectivity index (χ1v) is 7.37. The Labute approximate surface area is 107 Å². The molecule has 1 amide bonds. The summed E-state index contributed by atoms with van der Waals surface area (Å²) < 4.78 is 9.94. The Bertz CT molecular complexity index is 205. The number of hydrogen-bond donors (Lipinski definition) is 1. The van der Waals surface area contributed by atoms with Crippen molar-refractivity contribution in [1.82, 2.24) is 5.32 Å². The van der Waals surface area contributed by atoms with E-state index in [0.717, 1.165) is 0 Å². The van der Waals surface area contributed by atoms with Crippen molar-refractivity contribution in [3.63, 3.8) is 0 Å². The van der Waals surface area contributed by atoms with Gasteiger partial charge < -0.3 is 17.2 Å². The van der Waals surface area contributed by atoms with Crippen molar-refractivity contribution in [2.75, 3.05) is 27.0 Å². The van der Waals surface area contributed by atoms with Gasteiger partial charge in [0.1, 0.15) is 0 Å². The Hall–Kier alpha value is 1.16. The number of amides is 1. The normalized spacial score (nSPS) is 10.4. The minimum absolute atomic E-state index is 0. The van der Waals surface area contributed by atoms with Crippen molar-refractivity contribution < 1.29 is 16.7 Å². The van der Waals surface area contributed by atoms with E-state index in [-0.39, 0.29) is 37.6 Å². The zero-order valence-corrected chi connectivity index (χ0v) is 11.8. The molecule has 1 N–H and O–H groups in total. The molecule has 0 atom stereocenters. The van der Waals surface area contributed by atoms with Gasteiger partial charge in [-0.05, 0) is 11.8 Å². The van der Waals surface area contributed by atoms with Gasteiger partial charge in [-0.1, -0.05) is 11.4 Å². The van der Waals surface area contributed by atoms with Crippen LogP contribution in [-0.2, 0) is 25.6 Å². The molecule has 0 radical (unpaired) electrons. The maximum absolute atomic E-state index is 10.8. The van der Waals surface area contributed by atoms with Gasteiger partial charge in [0.2, 0.25) is 11.6 Å². The Morgan fingerprint density at radius 3 is 2.38 bits per heavy atom. The van der Waals surface area contributed by atoms with E-state index < -0.39 is 5.69 Å². The average Bonchev–Trinajstić information content (AvgIpc) is 2.13. The third-order valence-corrected chi connectivity index (χ3v) is 6.76. The fourth-order valence-corrected chi connectivity index (χ4v) is 3.10. The zero-order valence-electron chi connectivity index (χ0n) is 9.90. The van der Waals surface area contributed by atoms with Crippen molar-refractivity contribution in [2.24, 2.45) is 0 Å². The van der Waals surface area contributed by atoms with Crippen molar-refractivity contribution in [1.29, 1.82) is 0 Å². The second-order valence-corrected chi connectivity index (χ2v) is 8.28. The molecule has 0 unspecified atom stereocenters. The van der Waals surface area contributed by atoms with Gasteiger partial charge in [-0.25, -0.2) is 0 Å². The first-order chi connectivity index (χ1) is 5.58. The van der Waals surface area contributed by atoms with Crippen LogP contribution in [0.1, 0.15) is 2.85 Å². The van der Waals surface area contributed by atoms with Gasteiger partial charge in [0.15, 0.2) is 0 Å². The van der Waals surface area contributed by atoms with Crippen molar-refractivity contribution in [3.8, 4) is 0 Å². The molecule has 0 saturated carbocycles. The molecule has 0 spiro atoms. The summed E-state index contributed by atoms with van der Waals surface area (Å²) in [6, 6.07) is 0. The largest absolute Gasteiger partial charge is 2.00 e. The standard InChI is InChI=1S/C5H12NO3PS2.Mg.2H/c1-6-5(7)4-12-10(11,8-2)9-3;;;/h4H2,1-3H3,(H,6,7);;;/q;+2;2*-1. The molecule has 0 aromatic carbocycles. The van der Waals surface area contributed by atoms with E-state index in [4.69, 9.17) is 20.9 Å². The van der Waals surface area contributed by atoms with Gasteiger partial charge in [-0.15, -0.1) is 0 Å². The van der Waals surface area contributed by atoms with Crippen LogP contribution in [0.25, 0.3) is 0 Å². The summed E-state index contributed by atoms with van der Waals surface area (Å²) in [5.41, 5.74) is -2.26. The molecular formula is C5H14MgNO3PS2. The molecule has 0 aliphatic heterocycles. The minimum atomic E-state index is -2.26. The Morgan fingerprint density at radius 2 is 2.08 bits per heavy atom. The summed E-state index contributed by atoms with van der Waals surface area (Å²) in [4.78, 5) is 10.8. The van der Waals surface area contributed by atoms with Gasteiger partial charge >= 0.3 is 23.1 Å². The van der Waals surface area contributed by atoms with Crippen molar-refractivity contribution >= 4 is 57.8 Å². The van der Waals surface area contributed by atoms with Crippen LogP contribution in [0.4, 0.5) is 0 Å². The summed E-state index contributed by atoms with van der Waals surface area (Å²) in [6.45, 7) is 0. The predicted octanol–water partition coefficient (Wildman–Crippen LogP) is 0.827. The molecule has 0 bridgehead atoms. The number of hydrogen-bond acceptors (Lipinski definition) is 5. The maximum atomic E-state index is 10.8. The summed E-state index contributed by atoms with van der Waals surface area (Å²) in [6.07, 6.45) is 0. The van der Waals surface area contributed by atoms with Crippen LogP contribution in [-0.4, -0.2) is 56.0 Å². The van der Waals surface area contributed by atoms with Gasteiger partial charge in [-0.2, -0.15) is 0 Å². The van der Waals surface area contributed by atoms with Gasteiger partial charge in [0, 0.05) is 21.3 Å². The number of nitrogens with one attached hydrogen (secondary N) is 1. The molecule has 0 heterocycles. The van der Waals surface area contributed by atoms with Gasteiger partial charge in [0.25, 0.3) is 0 Å². The fourth-order valence-electron chi connectivity index (χ4n) is 0.390. The Morgan fingerprint density at radius 1 is 1.62 bits per heavy atom. The maximum Gasteiger partial charge on any atom is 2.00 e. The quantitative estimate of drug-likeness (QED) is 0.582. The topological polar surface area (TPSA) is 47.6 Å². The molecule has 0 saturated heterocycles. The van der Waals surface area contributed by atoms with E-state index in [2.05, 4.69) is 5.32 Å². The molecule has 13 heavy (non-hydrogen) atoms. The molecule has 8 heteroatoms. The molecule has 0 fully saturated rings. The number of carbonyl (C=O) groups is 1. The molecule has 0 aliphatic rings. The van der Waals surface area contributed by atoms with Crippen LogP contribution in [0.5, 0.6) is 0 Å². The summed E-state index contributed by atoms with van der Waals surface area (Å²) in [7, 11) is 4.55. The van der Waals surface area contributed by atoms with Crippen LogP contribution in [0.2, 0.25) is 0 Å². The van der Waals surface area contributed by atoms with Crippen molar-refractivity contribution in [3.05, 3.63) is 0 Å². The van der Waals surface area contributed by atoms with E-state index in [1.165, 1.54) is 25.6 Å². The Kier molecular flexibility index (Phi) is 10.8. The molecular weight excluding hydrogens is 241 g/mol. The first-order valence-electron chi connectivity index (χ1n) is 3.14. The minimum Gasteiger partial charge on any atom is -1.00 e. The molecule has 0 rings (SSSR count). The number of carbonyl (C=O) groups excluding carboxylic acids is 1. The summed E-state index contributed by atoms with van der Waals surface area (Å²) in [5.74, 6) is 0.193. The second kappa shape index (κ2) is 8.46. The molecule has 0 aromatic heterocycles. The van der Waals surface area contributed by atoms with Gasteiger partial charge in [0.05, 0.1) is 5.75 Å². The van der Waals surface area contributed by atoms with Crippen LogP contribution < -0.4 is 5.32 Å². The van der Waals surface area contributed by atoms with E-state index >= 15 is 0 Å². The van der Waals surface area contributed by atoms with E-state index in [9.17, 15) is 4.79 Å². The fraction of sp³-hybridized carbons (Fsp3) is 0.800.